The van der Waals surface area contributed by atoms with E-state index >= 15 is 0 Å². The van der Waals surface area contributed by atoms with E-state index in [1.807, 2.05) is 43.3 Å². The van der Waals surface area contributed by atoms with Gasteiger partial charge in [0.2, 0.25) is 0 Å². The Morgan fingerprint density at radius 2 is 1.62 bits per heavy atom. The van der Waals surface area contributed by atoms with Gasteiger partial charge in [0.1, 0.15) is 17.2 Å². The van der Waals surface area contributed by atoms with Gasteiger partial charge in [0.15, 0.2) is 0 Å². The minimum absolute atomic E-state index is 0.113. The van der Waals surface area contributed by atoms with Gasteiger partial charge < -0.3 is 14.8 Å². The zero-order valence-corrected chi connectivity index (χ0v) is 14.2. The summed E-state index contributed by atoms with van der Waals surface area (Å²) < 4.78 is 11.8. The first-order chi connectivity index (χ1) is 11.7. The van der Waals surface area contributed by atoms with Crippen molar-refractivity contribution in [2.24, 2.45) is 0 Å². The molecule has 1 aliphatic carbocycles. The number of rotatable bonds is 5. The van der Waals surface area contributed by atoms with Gasteiger partial charge in [0.05, 0.1) is 6.10 Å². The van der Waals surface area contributed by atoms with Crippen molar-refractivity contribution in [2.45, 2.75) is 38.7 Å². The van der Waals surface area contributed by atoms with Crippen molar-refractivity contribution in [3.63, 3.8) is 0 Å². The summed E-state index contributed by atoms with van der Waals surface area (Å²) in [5.74, 6) is 2.13. The zero-order valence-electron chi connectivity index (χ0n) is 14.2. The molecule has 1 fully saturated rings. The Labute approximate surface area is 142 Å². The third kappa shape index (κ3) is 3.88. The van der Waals surface area contributed by atoms with E-state index in [4.69, 9.17) is 9.47 Å². The smallest absolute Gasteiger partial charge is 0.251 e. The molecule has 0 radical (unpaired) electrons. The van der Waals surface area contributed by atoms with Gasteiger partial charge in [0.25, 0.3) is 5.91 Å². The largest absolute Gasteiger partial charge is 0.490 e. The minimum Gasteiger partial charge on any atom is -0.490 e. The van der Waals surface area contributed by atoms with Crippen LogP contribution in [-0.2, 0) is 0 Å². The number of carbonyl (C=O) groups is 1. The highest BCUT2D eigenvalue weighted by molar-refractivity contribution is 5.95. The highest BCUT2D eigenvalue weighted by atomic mass is 16.5. The molecule has 2 aromatic carbocycles. The normalized spacial score (nSPS) is 14.4. The minimum atomic E-state index is -0.113. The van der Waals surface area contributed by atoms with Gasteiger partial charge >= 0.3 is 0 Å². The number of aryl methyl sites for hydroxylation is 1. The fourth-order valence-corrected chi connectivity index (χ4v) is 2.96. The average molecular weight is 325 g/mol. The SMILES string of the molecule is CNC(=O)c1cc(Oc2ccc(OC3CCCC3)cc2)ccc1C. The summed E-state index contributed by atoms with van der Waals surface area (Å²) in [6, 6.07) is 13.2. The van der Waals surface area contributed by atoms with Crippen molar-refractivity contribution in [2.75, 3.05) is 7.05 Å². The van der Waals surface area contributed by atoms with E-state index in [2.05, 4.69) is 5.32 Å². The molecule has 0 heterocycles. The second kappa shape index (κ2) is 7.39. The van der Waals surface area contributed by atoms with Crippen LogP contribution in [0.5, 0.6) is 17.2 Å². The predicted molar refractivity (Wildman–Crippen MR) is 94.0 cm³/mol. The Hall–Kier alpha value is -2.49. The molecular formula is C20H23NO3. The molecule has 1 saturated carbocycles. The molecule has 1 aliphatic rings. The van der Waals surface area contributed by atoms with Crippen LogP contribution >= 0.6 is 0 Å². The maximum Gasteiger partial charge on any atom is 0.251 e. The van der Waals surface area contributed by atoms with Crippen LogP contribution in [0.1, 0.15) is 41.6 Å². The van der Waals surface area contributed by atoms with E-state index < -0.39 is 0 Å². The second-order valence-corrected chi connectivity index (χ2v) is 6.15. The summed E-state index contributed by atoms with van der Waals surface area (Å²) >= 11 is 0. The number of benzene rings is 2. The standard InChI is InChI=1S/C20H23NO3/c1-14-7-8-18(13-19(14)20(22)21-2)24-17-11-9-16(10-12-17)23-15-5-3-4-6-15/h7-13,15H,3-6H2,1-2H3,(H,21,22). The van der Waals surface area contributed by atoms with Crippen LogP contribution in [0.2, 0.25) is 0 Å². The van der Waals surface area contributed by atoms with Gasteiger partial charge in [-0.2, -0.15) is 0 Å². The Morgan fingerprint density at radius 3 is 2.29 bits per heavy atom. The topological polar surface area (TPSA) is 47.6 Å². The van der Waals surface area contributed by atoms with E-state index in [1.54, 1.807) is 13.1 Å². The fourth-order valence-electron chi connectivity index (χ4n) is 2.96. The third-order valence-corrected chi connectivity index (χ3v) is 4.35. The Kier molecular flexibility index (Phi) is 5.04. The summed E-state index contributed by atoms with van der Waals surface area (Å²) in [5, 5.41) is 2.64. The number of nitrogens with one attached hydrogen (secondary N) is 1. The van der Waals surface area contributed by atoms with E-state index in [9.17, 15) is 4.79 Å². The van der Waals surface area contributed by atoms with Crippen molar-refractivity contribution in [1.82, 2.24) is 5.32 Å². The molecule has 0 unspecified atom stereocenters. The monoisotopic (exact) mass is 325 g/mol. The molecule has 0 spiro atoms. The van der Waals surface area contributed by atoms with Crippen LogP contribution in [0.3, 0.4) is 0 Å². The lowest BCUT2D eigenvalue weighted by Gasteiger charge is -2.14. The van der Waals surface area contributed by atoms with Gasteiger partial charge in [-0.15, -0.1) is 0 Å². The van der Waals surface area contributed by atoms with E-state index in [-0.39, 0.29) is 5.91 Å². The number of hydrogen-bond donors (Lipinski definition) is 1. The molecule has 0 aromatic heterocycles. The summed E-state index contributed by atoms with van der Waals surface area (Å²) in [5.41, 5.74) is 1.54. The first-order valence-corrected chi connectivity index (χ1v) is 8.43. The highest BCUT2D eigenvalue weighted by Gasteiger charge is 2.16. The first-order valence-electron chi connectivity index (χ1n) is 8.43. The van der Waals surface area contributed by atoms with Gasteiger partial charge in [-0.3, -0.25) is 4.79 Å². The zero-order chi connectivity index (χ0) is 16.9. The third-order valence-electron chi connectivity index (χ3n) is 4.35. The molecule has 0 aliphatic heterocycles. The van der Waals surface area contributed by atoms with Crippen LogP contribution in [0, 0.1) is 6.92 Å². The van der Waals surface area contributed by atoms with Crippen molar-refractivity contribution < 1.29 is 14.3 Å². The lowest BCUT2D eigenvalue weighted by molar-refractivity contribution is 0.0962. The van der Waals surface area contributed by atoms with Crippen LogP contribution in [0.25, 0.3) is 0 Å². The van der Waals surface area contributed by atoms with Crippen molar-refractivity contribution in [3.05, 3.63) is 53.6 Å². The molecule has 2 aromatic rings. The summed E-state index contributed by atoms with van der Waals surface area (Å²) in [4.78, 5) is 11.9. The van der Waals surface area contributed by atoms with Gasteiger partial charge in [-0.25, -0.2) is 0 Å². The Balaban J connectivity index is 1.68. The van der Waals surface area contributed by atoms with E-state index in [0.29, 0.717) is 17.4 Å². The first kappa shape index (κ1) is 16.4. The number of carbonyl (C=O) groups excluding carboxylic acids is 1. The summed E-state index contributed by atoms with van der Waals surface area (Å²) in [7, 11) is 1.62. The van der Waals surface area contributed by atoms with E-state index in [0.717, 1.165) is 29.9 Å². The predicted octanol–water partition coefficient (Wildman–Crippen LogP) is 4.47. The quantitative estimate of drug-likeness (QED) is 0.882. The molecule has 0 saturated heterocycles. The van der Waals surface area contributed by atoms with Crippen LogP contribution in [0.4, 0.5) is 0 Å². The molecule has 3 rings (SSSR count). The van der Waals surface area contributed by atoms with Crippen LogP contribution in [0.15, 0.2) is 42.5 Å². The van der Waals surface area contributed by atoms with Gasteiger partial charge in [-0.05, 0) is 74.6 Å². The highest BCUT2D eigenvalue weighted by Crippen LogP contribution is 2.28. The van der Waals surface area contributed by atoms with Gasteiger partial charge in [0, 0.05) is 12.6 Å². The van der Waals surface area contributed by atoms with Crippen molar-refractivity contribution in [1.29, 1.82) is 0 Å². The molecule has 4 heteroatoms. The number of hydrogen-bond acceptors (Lipinski definition) is 3. The van der Waals surface area contributed by atoms with Crippen molar-refractivity contribution in [3.8, 4) is 17.2 Å². The van der Waals surface area contributed by atoms with E-state index in [1.165, 1.54) is 12.8 Å². The lowest BCUT2D eigenvalue weighted by atomic mass is 10.1. The molecule has 126 valence electrons. The average Bonchev–Trinajstić information content (AvgIpc) is 3.10. The molecule has 0 bridgehead atoms. The van der Waals surface area contributed by atoms with Gasteiger partial charge in [-0.1, -0.05) is 6.07 Å². The molecule has 24 heavy (non-hydrogen) atoms. The maximum atomic E-state index is 11.9. The molecule has 4 nitrogen and oxygen atoms in total. The van der Waals surface area contributed by atoms with Crippen LogP contribution in [-0.4, -0.2) is 19.1 Å². The Morgan fingerprint density at radius 1 is 1.00 bits per heavy atom. The molecular weight excluding hydrogens is 302 g/mol. The maximum absolute atomic E-state index is 11.9. The summed E-state index contributed by atoms with van der Waals surface area (Å²) in [6.07, 6.45) is 5.15. The fraction of sp³-hybridized carbons (Fsp3) is 0.350. The second-order valence-electron chi connectivity index (χ2n) is 6.15. The lowest BCUT2D eigenvalue weighted by Crippen LogP contribution is -2.18. The number of amides is 1. The van der Waals surface area contributed by atoms with Crippen molar-refractivity contribution >= 4 is 5.91 Å². The summed E-state index contributed by atoms with van der Waals surface area (Å²) in [6.45, 7) is 1.91. The Bertz CT molecular complexity index is 703. The molecule has 1 amide bonds. The van der Waals surface area contributed by atoms with Crippen LogP contribution < -0.4 is 14.8 Å². The number of ether oxygens (including phenoxy) is 2. The molecule has 0 atom stereocenters. The molecule has 1 N–H and O–H groups in total.